The van der Waals surface area contributed by atoms with E-state index in [1.54, 1.807) is 19.5 Å². The first kappa shape index (κ1) is 16.1. The summed E-state index contributed by atoms with van der Waals surface area (Å²) in [5, 5.41) is 3.02. The van der Waals surface area contributed by atoms with Gasteiger partial charge in [-0.25, -0.2) is 4.79 Å². The number of hydrogen-bond acceptors (Lipinski definition) is 3. The molecule has 1 aliphatic heterocycles. The minimum absolute atomic E-state index is 0.0404. The summed E-state index contributed by atoms with van der Waals surface area (Å²) in [4.78, 5) is 18.6. The van der Waals surface area contributed by atoms with Crippen molar-refractivity contribution < 1.29 is 9.53 Å². The van der Waals surface area contributed by atoms with Gasteiger partial charge in [0.25, 0.3) is 0 Å². The average Bonchev–Trinajstić information content (AvgIpc) is 3.14. The van der Waals surface area contributed by atoms with E-state index in [9.17, 15) is 4.79 Å². The number of hydrogen-bond donors (Lipinski definition) is 1. The van der Waals surface area contributed by atoms with Crippen LogP contribution in [0.5, 0.6) is 5.75 Å². The maximum absolute atomic E-state index is 12.5. The number of rotatable bonds is 4. The van der Waals surface area contributed by atoms with E-state index in [4.69, 9.17) is 4.74 Å². The lowest BCUT2D eigenvalue weighted by atomic mass is 9.84. The molecular weight excluding hydrogens is 290 g/mol. The summed E-state index contributed by atoms with van der Waals surface area (Å²) in [6.45, 7) is 2.25. The van der Waals surface area contributed by atoms with Gasteiger partial charge in [-0.05, 0) is 30.7 Å². The normalized spacial score (nSPS) is 22.1. The molecule has 1 saturated heterocycles. The van der Waals surface area contributed by atoms with Crippen molar-refractivity contribution in [1.29, 1.82) is 0 Å². The number of methoxy groups -OCH3 is 1. The van der Waals surface area contributed by atoms with Gasteiger partial charge >= 0.3 is 6.03 Å². The lowest BCUT2D eigenvalue weighted by molar-refractivity contribution is 0.142. The first-order valence-electron chi connectivity index (χ1n) is 8.77. The molecule has 1 N–H and O–H groups in total. The lowest BCUT2D eigenvalue weighted by Gasteiger charge is -2.35. The van der Waals surface area contributed by atoms with Crippen LogP contribution in [0.4, 0.5) is 4.79 Å². The van der Waals surface area contributed by atoms with E-state index in [0.29, 0.717) is 12.5 Å². The summed E-state index contributed by atoms with van der Waals surface area (Å²) in [6.07, 6.45) is 11.3. The highest BCUT2D eigenvalue weighted by molar-refractivity contribution is 5.74. The van der Waals surface area contributed by atoms with Crippen molar-refractivity contribution in [3.63, 3.8) is 0 Å². The predicted molar refractivity (Wildman–Crippen MR) is 89.3 cm³/mol. The number of ether oxygens (including phenoxy) is 1. The summed E-state index contributed by atoms with van der Waals surface area (Å²) < 4.78 is 5.30. The fourth-order valence-corrected chi connectivity index (χ4v) is 4.04. The van der Waals surface area contributed by atoms with Gasteiger partial charge in [0.2, 0.25) is 0 Å². The highest BCUT2D eigenvalue weighted by Crippen LogP contribution is 2.35. The molecule has 0 bridgehead atoms. The maximum Gasteiger partial charge on any atom is 0.317 e. The van der Waals surface area contributed by atoms with Crippen LogP contribution in [0.15, 0.2) is 18.5 Å². The number of likely N-dealkylation sites (tertiary alicyclic amines) is 1. The van der Waals surface area contributed by atoms with Crippen molar-refractivity contribution in [2.45, 2.75) is 45.1 Å². The molecule has 1 aromatic heterocycles. The van der Waals surface area contributed by atoms with Crippen LogP contribution in [0.1, 0.15) is 44.1 Å². The van der Waals surface area contributed by atoms with Crippen molar-refractivity contribution in [3.05, 3.63) is 24.0 Å². The number of pyridine rings is 1. The monoisotopic (exact) mass is 317 g/mol. The largest absolute Gasteiger partial charge is 0.496 e. The Kier molecular flexibility index (Phi) is 5.36. The van der Waals surface area contributed by atoms with Crippen LogP contribution >= 0.6 is 0 Å². The van der Waals surface area contributed by atoms with Crippen LogP contribution in [0, 0.1) is 11.8 Å². The van der Waals surface area contributed by atoms with Gasteiger partial charge in [-0.2, -0.15) is 0 Å². The van der Waals surface area contributed by atoms with Crippen LogP contribution in [0.3, 0.4) is 0 Å². The summed E-state index contributed by atoms with van der Waals surface area (Å²) >= 11 is 0. The average molecular weight is 317 g/mol. The highest BCUT2D eigenvalue weighted by atomic mass is 16.5. The number of amides is 2. The summed E-state index contributed by atoms with van der Waals surface area (Å²) in [5.74, 6) is 2.30. The van der Waals surface area contributed by atoms with Crippen LogP contribution < -0.4 is 10.1 Å². The number of nitrogens with one attached hydrogen (secondary N) is 1. The van der Waals surface area contributed by atoms with E-state index >= 15 is 0 Å². The van der Waals surface area contributed by atoms with Crippen molar-refractivity contribution in [3.8, 4) is 5.75 Å². The third-order valence-electron chi connectivity index (χ3n) is 5.32. The zero-order valence-electron chi connectivity index (χ0n) is 14.0. The summed E-state index contributed by atoms with van der Waals surface area (Å²) in [7, 11) is 1.64. The molecule has 1 aromatic rings. The Labute approximate surface area is 138 Å². The zero-order chi connectivity index (χ0) is 16.1. The van der Waals surface area contributed by atoms with E-state index in [1.807, 2.05) is 11.0 Å². The van der Waals surface area contributed by atoms with Crippen LogP contribution in [0.2, 0.25) is 0 Å². The van der Waals surface area contributed by atoms with Gasteiger partial charge in [0.05, 0.1) is 7.11 Å². The molecule has 3 rings (SSSR count). The fourth-order valence-electron chi connectivity index (χ4n) is 4.04. The van der Waals surface area contributed by atoms with Gasteiger partial charge < -0.3 is 15.0 Å². The number of carbonyl (C=O) groups excluding carboxylic acids is 1. The molecule has 2 heterocycles. The Morgan fingerprint density at radius 1 is 1.30 bits per heavy atom. The summed E-state index contributed by atoms with van der Waals surface area (Å²) in [5.41, 5.74) is 0.910. The third-order valence-corrected chi connectivity index (χ3v) is 5.32. The lowest BCUT2D eigenvalue weighted by Crippen LogP contribution is -2.46. The minimum Gasteiger partial charge on any atom is -0.496 e. The molecule has 0 aromatic carbocycles. The van der Waals surface area contributed by atoms with Crippen molar-refractivity contribution in [2.75, 3.05) is 20.2 Å². The molecule has 1 unspecified atom stereocenters. The molecule has 0 spiro atoms. The molecule has 23 heavy (non-hydrogen) atoms. The quantitative estimate of drug-likeness (QED) is 0.928. The molecule has 0 radical (unpaired) electrons. The van der Waals surface area contributed by atoms with E-state index in [1.165, 1.54) is 32.1 Å². The Morgan fingerprint density at radius 2 is 2.09 bits per heavy atom. The molecule has 2 aliphatic rings. The molecule has 5 heteroatoms. The smallest absolute Gasteiger partial charge is 0.317 e. The Hall–Kier alpha value is -1.78. The van der Waals surface area contributed by atoms with E-state index in [0.717, 1.165) is 36.7 Å². The predicted octanol–water partition coefficient (Wildman–Crippen LogP) is 3.20. The Morgan fingerprint density at radius 3 is 2.87 bits per heavy atom. The number of piperidine rings is 1. The maximum atomic E-state index is 12.5. The first-order valence-corrected chi connectivity index (χ1v) is 8.77. The fraction of sp³-hybridized carbons (Fsp3) is 0.667. The topological polar surface area (TPSA) is 54.5 Å². The summed E-state index contributed by atoms with van der Waals surface area (Å²) in [6, 6.07) is 1.86. The van der Waals surface area contributed by atoms with Crippen LogP contribution in [-0.2, 0) is 6.54 Å². The van der Waals surface area contributed by atoms with Gasteiger partial charge in [-0.1, -0.05) is 25.7 Å². The molecule has 1 saturated carbocycles. The Bertz CT molecular complexity index is 529. The first-order chi connectivity index (χ1) is 11.3. The van der Waals surface area contributed by atoms with Gasteiger partial charge in [-0.3, -0.25) is 4.98 Å². The van der Waals surface area contributed by atoms with Crippen LogP contribution in [-0.4, -0.2) is 36.1 Å². The number of urea groups is 1. The van der Waals surface area contributed by atoms with E-state index in [-0.39, 0.29) is 6.03 Å². The van der Waals surface area contributed by atoms with Gasteiger partial charge in [0, 0.05) is 37.6 Å². The highest BCUT2D eigenvalue weighted by Gasteiger charge is 2.30. The SMILES string of the molecule is COc1ccncc1CNC(=O)N1CCCC(C2CCCC2)C1. The van der Waals surface area contributed by atoms with Gasteiger partial charge in [-0.15, -0.1) is 0 Å². The van der Waals surface area contributed by atoms with Gasteiger partial charge in [0.15, 0.2) is 0 Å². The van der Waals surface area contributed by atoms with Crippen molar-refractivity contribution in [2.24, 2.45) is 11.8 Å². The molecular formula is C18H27N3O2. The number of nitrogens with zero attached hydrogens (tertiary/aromatic N) is 2. The molecule has 5 nitrogen and oxygen atoms in total. The number of aromatic nitrogens is 1. The standard InChI is InChI=1S/C18H27N3O2/c1-23-17-8-9-19-11-16(17)12-20-18(22)21-10-4-7-15(13-21)14-5-2-3-6-14/h8-9,11,14-15H,2-7,10,12-13H2,1H3,(H,20,22). The van der Waals surface area contributed by atoms with E-state index in [2.05, 4.69) is 10.3 Å². The molecule has 126 valence electrons. The second-order valence-corrected chi connectivity index (χ2v) is 6.74. The molecule has 2 fully saturated rings. The molecule has 1 atom stereocenters. The minimum atomic E-state index is 0.0404. The third kappa shape index (κ3) is 3.95. The molecule has 1 aliphatic carbocycles. The second kappa shape index (κ2) is 7.66. The van der Waals surface area contributed by atoms with Crippen LogP contribution in [0.25, 0.3) is 0 Å². The number of carbonyl (C=O) groups is 1. The van der Waals surface area contributed by atoms with Crippen molar-refractivity contribution >= 4 is 6.03 Å². The molecule has 2 amide bonds. The Balaban J connectivity index is 1.53. The van der Waals surface area contributed by atoms with Gasteiger partial charge in [0.1, 0.15) is 5.75 Å². The van der Waals surface area contributed by atoms with Crippen molar-refractivity contribution in [1.82, 2.24) is 15.2 Å². The second-order valence-electron chi connectivity index (χ2n) is 6.74. The zero-order valence-corrected chi connectivity index (χ0v) is 14.0. The van der Waals surface area contributed by atoms with E-state index < -0.39 is 0 Å².